The van der Waals surface area contributed by atoms with Crippen molar-refractivity contribution in [2.24, 2.45) is 0 Å². The van der Waals surface area contributed by atoms with E-state index in [0.29, 0.717) is 11.1 Å². The van der Waals surface area contributed by atoms with E-state index in [1.165, 1.54) is 12.1 Å². The first-order chi connectivity index (χ1) is 22.6. The molecule has 0 amide bonds. The van der Waals surface area contributed by atoms with Crippen LogP contribution in [0.4, 0.5) is 26.3 Å². The van der Waals surface area contributed by atoms with Crippen LogP contribution in [0.25, 0.3) is 16.7 Å². The second-order valence-corrected chi connectivity index (χ2v) is 12.3. The van der Waals surface area contributed by atoms with Crippen molar-refractivity contribution in [2.75, 3.05) is 0 Å². The molecule has 1 saturated carbocycles. The molecule has 0 saturated heterocycles. The summed E-state index contributed by atoms with van der Waals surface area (Å²) in [6.07, 6.45) is 0. The van der Waals surface area contributed by atoms with Crippen molar-refractivity contribution < 1.29 is 26.3 Å². The lowest BCUT2D eigenvalue weighted by molar-refractivity contribution is 0.447. The maximum atomic E-state index is 15.6. The van der Waals surface area contributed by atoms with Gasteiger partial charge in [0, 0.05) is 27.8 Å². The average Bonchev–Trinajstić information content (AvgIpc) is 3.78. The lowest BCUT2D eigenvalue weighted by Gasteiger charge is -2.16. The van der Waals surface area contributed by atoms with Gasteiger partial charge in [0.2, 0.25) is 0 Å². The van der Waals surface area contributed by atoms with Gasteiger partial charge < -0.3 is 0 Å². The first-order valence-corrected chi connectivity index (χ1v) is 15.2. The van der Waals surface area contributed by atoms with Crippen LogP contribution in [0.5, 0.6) is 0 Å². The van der Waals surface area contributed by atoms with Crippen LogP contribution in [-0.4, -0.2) is 0 Å². The summed E-state index contributed by atoms with van der Waals surface area (Å²) in [5.41, 5.74) is -7.32. The fraction of sp³-hybridized carbons (Fsp3) is 0.0625. The maximum Gasteiger partial charge on any atom is 0.180 e. The minimum atomic E-state index is -2.14. The second-order valence-electron chi connectivity index (χ2n) is 9.96. The molecule has 0 spiro atoms. The molecule has 0 bridgehead atoms. The molecule has 0 aliphatic heterocycles. The Morgan fingerprint density at radius 2 is 0.750 bits per heavy atom. The van der Waals surface area contributed by atoms with E-state index in [4.69, 9.17) is 5.26 Å². The summed E-state index contributed by atoms with van der Waals surface area (Å²) >= 11 is 0. The van der Waals surface area contributed by atoms with Gasteiger partial charge >= 0.3 is 0 Å². The van der Waals surface area contributed by atoms with E-state index in [1.807, 2.05) is 30.6 Å². The number of nitriles is 6. The van der Waals surface area contributed by atoms with E-state index in [2.05, 4.69) is 18.5 Å². The van der Waals surface area contributed by atoms with Crippen LogP contribution in [0, 0.1) is 117 Å². The van der Waals surface area contributed by atoms with E-state index >= 15 is 17.6 Å². The Kier molecular flexibility index (Phi) is 9.98. The highest BCUT2D eigenvalue weighted by Crippen LogP contribution is 2.56. The van der Waals surface area contributed by atoms with Crippen molar-refractivity contribution >= 4 is 74.9 Å². The lowest BCUT2D eigenvalue weighted by atomic mass is 9.94. The number of hydrogen-bond donors (Lipinski definition) is 0. The third kappa shape index (κ3) is 5.17. The highest BCUT2D eigenvalue weighted by molar-refractivity contribution is 7.36. The van der Waals surface area contributed by atoms with E-state index in [-0.39, 0.29) is 43.5 Å². The fourth-order valence-electron chi connectivity index (χ4n) is 5.18. The predicted octanol–water partition coefficient (Wildman–Crippen LogP) is 5.00. The van der Waals surface area contributed by atoms with Crippen molar-refractivity contribution in [2.45, 2.75) is 13.8 Å². The number of halogens is 6. The highest BCUT2D eigenvalue weighted by atomic mass is 31.0. The second kappa shape index (κ2) is 13.3. The van der Waals surface area contributed by atoms with Gasteiger partial charge in [-0.1, -0.05) is 0 Å². The molecule has 4 atom stereocenters. The third-order valence-electron chi connectivity index (χ3n) is 7.68. The van der Waals surface area contributed by atoms with Crippen LogP contribution < -0.4 is 21.2 Å². The van der Waals surface area contributed by atoms with Gasteiger partial charge in [-0.25, -0.2) is 26.3 Å². The first-order valence-electron chi connectivity index (χ1n) is 12.9. The number of hydrogen-bond acceptors (Lipinski definition) is 6. The SMILES string of the molecule is Cc1c(P)c(/C(C#N)=C2\C(=C(C#N)c3c(F)c(F)c(C#N)c(F)c3F)\C2=C(/C#N)c2c(F)c(F)c(C#N)c(P)c2P)c(P)c(C)c1C#N. The molecule has 0 aromatic heterocycles. The van der Waals surface area contributed by atoms with Crippen molar-refractivity contribution in [1.29, 1.82) is 31.6 Å². The van der Waals surface area contributed by atoms with Crippen LogP contribution in [0.1, 0.15) is 44.5 Å². The van der Waals surface area contributed by atoms with Gasteiger partial charge in [0.1, 0.15) is 35.9 Å². The van der Waals surface area contributed by atoms with Gasteiger partial charge in [0.15, 0.2) is 34.9 Å². The zero-order valence-electron chi connectivity index (χ0n) is 24.3. The van der Waals surface area contributed by atoms with Crippen molar-refractivity contribution in [3.05, 3.63) is 96.1 Å². The minimum Gasteiger partial charge on any atom is -0.203 e. The summed E-state index contributed by atoms with van der Waals surface area (Å²) in [4.78, 5) is 0. The van der Waals surface area contributed by atoms with Gasteiger partial charge in [0.25, 0.3) is 0 Å². The summed E-state index contributed by atoms with van der Waals surface area (Å²) < 4.78 is 90.9. The molecule has 6 nitrogen and oxygen atoms in total. The monoisotopic (exact) mass is 720 g/mol. The quantitative estimate of drug-likeness (QED) is 0.161. The number of rotatable bonds is 3. The fourth-order valence-corrected chi connectivity index (χ4v) is 6.99. The Bertz CT molecular complexity index is 2070. The summed E-state index contributed by atoms with van der Waals surface area (Å²) in [5, 5.41) is 59.2. The predicted molar refractivity (Wildman–Crippen MR) is 178 cm³/mol. The van der Waals surface area contributed by atoms with E-state index in [1.54, 1.807) is 19.9 Å². The molecular weight excluding hydrogens is 706 g/mol. The molecule has 4 rings (SSSR count). The molecule has 1 aliphatic rings. The van der Waals surface area contributed by atoms with Gasteiger partial charge in [-0.2, -0.15) is 31.6 Å². The normalized spacial score (nSPS) is 14.9. The van der Waals surface area contributed by atoms with Crippen LogP contribution in [0.15, 0.2) is 16.7 Å². The molecular formula is C32H14F6N6P4. The molecule has 0 radical (unpaired) electrons. The Hall–Kier alpha value is -4.88. The molecule has 0 heterocycles. The lowest BCUT2D eigenvalue weighted by Crippen LogP contribution is -2.24. The van der Waals surface area contributed by atoms with Gasteiger partial charge in [-0.3, -0.25) is 0 Å². The molecule has 16 heteroatoms. The summed E-state index contributed by atoms with van der Waals surface area (Å²) in [5.74, 6) is -11.9. The molecule has 3 aromatic rings. The van der Waals surface area contributed by atoms with E-state index < -0.39 is 79.4 Å². The summed E-state index contributed by atoms with van der Waals surface area (Å²) in [6.45, 7) is 3.12. The van der Waals surface area contributed by atoms with Gasteiger partial charge in [0.05, 0.1) is 39.5 Å². The largest absolute Gasteiger partial charge is 0.203 e. The molecule has 1 aliphatic carbocycles. The molecule has 1 fully saturated rings. The third-order valence-corrected chi connectivity index (χ3v) is 10.7. The topological polar surface area (TPSA) is 143 Å². The average molecular weight is 720 g/mol. The summed E-state index contributed by atoms with van der Waals surface area (Å²) in [6, 6.07) is 9.53. The summed E-state index contributed by atoms with van der Waals surface area (Å²) in [7, 11) is 8.75. The molecule has 4 unspecified atom stereocenters. The molecule has 0 N–H and O–H groups in total. The molecule has 3 aromatic carbocycles. The standard InChI is InChI=1S/C32H14F6N6P4/c1-9-11(3-39)10(2)30(46)22(29(9)45)14(6-42)19-17(12(4-40)20-26(36)23(33)15(7-43)24(34)27(20)37)18(19)13(5-41)21-28(38)25(35)16(8-44)31(47)32(21)48/h45-48H2,1-2H3/b17-12?,18-13-,19-14+. The molecule has 48 heavy (non-hydrogen) atoms. The van der Waals surface area contributed by atoms with E-state index in [0.717, 1.165) is 6.07 Å². The zero-order valence-corrected chi connectivity index (χ0v) is 28.9. The number of allylic oxidation sites excluding steroid dienone is 6. The number of benzene rings is 3. The van der Waals surface area contributed by atoms with Crippen LogP contribution in [-0.2, 0) is 0 Å². The first kappa shape index (κ1) is 36.0. The van der Waals surface area contributed by atoms with Gasteiger partial charge in [-0.15, -0.1) is 37.0 Å². The van der Waals surface area contributed by atoms with Crippen LogP contribution in [0.2, 0.25) is 0 Å². The van der Waals surface area contributed by atoms with Gasteiger partial charge in [-0.05, 0) is 46.2 Å². The zero-order chi connectivity index (χ0) is 36.1. The van der Waals surface area contributed by atoms with E-state index in [9.17, 15) is 35.1 Å². The Balaban J connectivity index is 2.38. The highest BCUT2D eigenvalue weighted by Gasteiger charge is 2.45. The molecule has 234 valence electrons. The van der Waals surface area contributed by atoms with Crippen molar-refractivity contribution in [3.8, 4) is 36.4 Å². The maximum absolute atomic E-state index is 15.6. The Morgan fingerprint density at radius 3 is 1.12 bits per heavy atom. The van der Waals surface area contributed by atoms with Crippen molar-refractivity contribution in [3.63, 3.8) is 0 Å². The van der Waals surface area contributed by atoms with Crippen LogP contribution in [0.3, 0.4) is 0 Å². The smallest absolute Gasteiger partial charge is 0.180 e. The Labute approximate surface area is 278 Å². The number of nitrogens with zero attached hydrogens (tertiary/aromatic N) is 6. The van der Waals surface area contributed by atoms with Crippen LogP contribution >= 0.6 is 37.0 Å². The Morgan fingerprint density at radius 1 is 0.417 bits per heavy atom. The minimum absolute atomic E-state index is 0.0982. The van der Waals surface area contributed by atoms with Crippen molar-refractivity contribution in [1.82, 2.24) is 0 Å².